The van der Waals surface area contributed by atoms with Crippen LogP contribution in [0.25, 0.3) is 0 Å². The van der Waals surface area contributed by atoms with Gasteiger partial charge in [0.1, 0.15) is 0 Å². The van der Waals surface area contributed by atoms with Crippen LogP contribution in [0.5, 0.6) is 0 Å². The minimum absolute atomic E-state index is 0.162. The molecule has 3 aliphatic rings. The zero-order valence-electron chi connectivity index (χ0n) is 14.3. The molecule has 2 heterocycles. The summed E-state index contributed by atoms with van der Waals surface area (Å²) in [6, 6.07) is 0. The van der Waals surface area contributed by atoms with Crippen LogP contribution in [0, 0.1) is 17.8 Å². The van der Waals surface area contributed by atoms with Gasteiger partial charge in [-0.05, 0) is 64.0 Å². The van der Waals surface area contributed by atoms with Crippen LogP contribution in [-0.4, -0.2) is 61.1 Å². The first-order valence-electron chi connectivity index (χ1n) is 9.30. The molecule has 0 bridgehead atoms. The van der Waals surface area contributed by atoms with E-state index in [2.05, 4.69) is 16.7 Å². The second-order valence-electron chi connectivity index (χ2n) is 7.61. The molecule has 0 unspecified atom stereocenters. The van der Waals surface area contributed by atoms with Crippen molar-refractivity contribution in [3.63, 3.8) is 0 Å². The molecule has 126 valence electrons. The van der Waals surface area contributed by atoms with Gasteiger partial charge < -0.3 is 14.5 Å². The van der Waals surface area contributed by atoms with E-state index >= 15 is 0 Å². The predicted molar refractivity (Wildman–Crippen MR) is 87.7 cm³/mol. The molecule has 1 saturated carbocycles. The number of amides is 1. The number of piperidine rings is 2. The number of likely N-dealkylation sites (tertiary alicyclic amines) is 2. The van der Waals surface area contributed by atoms with E-state index in [0.29, 0.717) is 11.8 Å². The SMILES string of the molecule is CCO[C@@H]1C[C@@H]1C(=O)N1CCC[C@H](CN2CCC(C)CC2)C1. The van der Waals surface area contributed by atoms with Crippen LogP contribution in [0.3, 0.4) is 0 Å². The first-order valence-corrected chi connectivity index (χ1v) is 9.30. The van der Waals surface area contributed by atoms with Crippen molar-refractivity contribution in [2.45, 2.75) is 52.1 Å². The van der Waals surface area contributed by atoms with E-state index in [1.54, 1.807) is 0 Å². The van der Waals surface area contributed by atoms with Crippen LogP contribution >= 0.6 is 0 Å². The van der Waals surface area contributed by atoms with Gasteiger partial charge in [-0.15, -0.1) is 0 Å². The van der Waals surface area contributed by atoms with E-state index in [0.717, 1.165) is 32.0 Å². The first-order chi connectivity index (χ1) is 10.7. The maximum absolute atomic E-state index is 12.6. The van der Waals surface area contributed by atoms with Crippen molar-refractivity contribution in [3.05, 3.63) is 0 Å². The van der Waals surface area contributed by atoms with E-state index in [-0.39, 0.29) is 12.0 Å². The number of rotatable bonds is 5. The molecule has 0 aromatic rings. The van der Waals surface area contributed by atoms with Gasteiger partial charge in [0.2, 0.25) is 5.91 Å². The first kappa shape index (κ1) is 16.3. The zero-order valence-corrected chi connectivity index (χ0v) is 14.3. The van der Waals surface area contributed by atoms with Crippen molar-refractivity contribution in [2.24, 2.45) is 17.8 Å². The van der Waals surface area contributed by atoms with Crippen LogP contribution in [0.2, 0.25) is 0 Å². The highest BCUT2D eigenvalue weighted by Crippen LogP contribution is 2.36. The Kier molecular flexibility index (Phi) is 5.40. The highest BCUT2D eigenvalue weighted by Gasteiger charge is 2.46. The molecule has 0 N–H and O–H groups in total. The van der Waals surface area contributed by atoms with Gasteiger partial charge in [0.05, 0.1) is 12.0 Å². The summed E-state index contributed by atoms with van der Waals surface area (Å²) in [5.74, 6) is 2.09. The number of hydrogen-bond acceptors (Lipinski definition) is 3. The summed E-state index contributed by atoms with van der Waals surface area (Å²) in [4.78, 5) is 17.3. The van der Waals surface area contributed by atoms with Crippen molar-refractivity contribution in [1.82, 2.24) is 9.80 Å². The number of ether oxygens (including phenoxy) is 1. The third-order valence-corrected chi connectivity index (χ3v) is 5.65. The summed E-state index contributed by atoms with van der Waals surface area (Å²) in [7, 11) is 0. The van der Waals surface area contributed by atoms with Crippen LogP contribution in [0.1, 0.15) is 46.0 Å². The van der Waals surface area contributed by atoms with E-state index < -0.39 is 0 Å². The van der Waals surface area contributed by atoms with Crippen molar-refractivity contribution < 1.29 is 9.53 Å². The smallest absolute Gasteiger partial charge is 0.228 e. The van der Waals surface area contributed by atoms with E-state index in [9.17, 15) is 4.79 Å². The molecular weight excluding hydrogens is 276 g/mol. The van der Waals surface area contributed by atoms with E-state index in [4.69, 9.17) is 4.74 Å². The molecule has 1 aliphatic carbocycles. The molecule has 2 saturated heterocycles. The molecule has 4 heteroatoms. The fourth-order valence-corrected chi connectivity index (χ4v) is 4.09. The molecule has 1 amide bonds. The Bertz CT molecular complexity index is 379. The fourth-order valence-electron chi connectivity index (χ4n) is 4.09. The van der Waals surface area contributed by atoms with Gasteiger partial charge >= 0.3 is 0 Å². The number of carbonyl (C=O) groups excluding carboxylic acids is 1. The van der Waals surface area contributed by atoms with Gasteiger partial charge in [0.15, 0.2) is 0 Å². The summed E-state index contributed by atoms with van der Waals surface area (Å²) in [5.41, 5.74) is 0. The van der Waals surface area contributed by atoms with Gasteiger partial charge in [-0.3, -0.25) is 4.79 Å². The molecule has 2 aliphatic heterocycles. The molecule has 3 rings (SSSR count). The molecule has 3 atom stereocenters. The van der Waals surface area contributed by atoms with Gasteiger partial charge in [-0.1, -0.05) is 6.92 Å². The molecule has 4 nitrogen and oxygen atoms in total. The number of nitrogens with zero attached hydrogens (tertiary/aromatic N) is 2. The third kappa shape index (κ3) is 4.02. The lowest BCUT2D eigenvalue weighted by Crippen LogP contribution is -2.46. The molecule has 0 aromatic carbocycles. The van der Waals surface area contributed by atoms with Gasteiger partial charge in [-0.25, -0.2) is 0 Å². The zero-order chi connectivity index (χ0) is 15.5. The lowest BCUT2D eigenvalue weighted by molar-refractivity contribution is -0.135. The predicted octanol–water partition coefficient (Wildman–Crippen LogP) is 2.38. The van der Waals surface area contributed by atoms with Crippen LogP contribution in [0.4, 0.5) is 0 Å². The van der Waals surface area contributed by atoms with Crippen molar-refractivity contribution in [1.29, 1.82) is 0 Å². The van der Waals surface area contributed by atoms with Gasteiger partial charge in [-0.2, -0.15) is 0 Å². The van der Waals surface area contributed by atoms with Gasteiger partial charge in [0, 0.05) is 26.2 Å². The summed E-state index contributed by atoms with van der Waals surface area (Å²) < 4.78 is 5.58. The Morgan fingerprint density at radius 1 is 1.18 bits per heavy atom. The quantitative estimate of drug-likeness (QED) is 0.782. The van der Waals surface area contributed by atoms with Crippen molar-refractivity contribution in [3.8, 4) is 0 Å². The topological polar surface area (TPSA) is 32.8 Å². The van der Waals surface area contributed by atoms with Crippen LogP contribution in [-0.2, 0) is 9.53 Å². The standard InChI is InChI=1S/C18H32N2O2/c1-3-22-17-11-16(17)18(21)20-8-4-5-15(13-20)12-19-9-6-14(2)7-10-19/h14-17H,3-13H2,1-2H3/t15-,16+,17-/m1/s1. The average molecular weight is 308 g/mol. The molecule has 3 fully saturated rings. The maximum Gasteiger partial charge on any atom is 0.228 e. The minimum Gasteiger partial charge on any atom is -0.378 e. The Morgan fingerprint density at radius 2 is 1.95 bits per heavy atom. The summed E-state index contributed by atoms with van der Waals surface area (Å²) >= 11 is 0. The largest absolute Gasteiger partial charge is 0.378 e. The lowest BCUT2D eigenvalue weighted by Gasteiger charge is -2.38. The highest BCUT2D eigenvalue weighted by atomic mass is 16.5. The second-order valence-corrected chi connectivity index (χ2v) is 7.61. The Balaban J connectivity index is 1.44. The van der Waals surface area contributed by atoms with Gasteiger partial charge in [0.25, 0.3) is 0 Å². The van der Waals surface area contributed by atoms with Crippen molar-refractivity contribution in [2.75, 3.05) is 39.3 Å². The lowest BCUT2D eigenvalue weighted by atomic mass is 9.94. The molecular formula is C18H32N2O2. The summed E-state index contributed by atoms with van der Waals surface area (Å²) in [5, 5.41) is 0. The third-order valence-electron chi connectivity index (χ3n) is 5.65. The molecule has 0 spiro atoms. The monoisotopic (exact) mass is 308 g/mol. The minimum atomic E-state index is 0.162. The van der Waals surface area contributed by atoms with Crippen LogP contribution < -0.4 is 0 Å². The van der Waals surface area contributed by atoms with E-state index in [1.807, 2.05) is 6.92 Å². The van der Waals surface area contributed by atoms with Crippen molar-refractivity contribution >= 4 is 5.91 Å². The normalized spacial score (nSPS) is 33.9. The Labute approximate surface area is 135 Å². The van der Waals surface area contributed by atoms with E-state index in [1.165, 1.54) is 45.3 Å². The molecule has 22 heavy (non-hydrogen) atoms. The summed E-state index contributed by atoms with van der Waals surface area (Å²) in [6.45, 7) is 10.7. The average Bonchev–Trinajstić information content (AvgIpc) is 3.29. The maximum atomic E-state index is 12.6. The number of hydrogen-bond donors (Lipinski definition) is 0. The highest BCUT2D eigenvalue weighted by molar-refractivity contribution is 5.82. The Hall–Kier alpha value is -0.610. The number of carbonyl (C=O) groups is 1. The van der Waals surface area contributed by atoms with Crippen LogP contribution in [0.15, 0.2) is 0 Å². The fraction of sp³-hybridized carbons (Fsp3) is 0.944. The summed E-state index contributed by atoms with van der Waals surface area (Å²) in [6.07, 6.45) is 6.29. The molecule has 0 aromatic heterocycles. The molecule has 0 radical (unpaired) electrons. The second kappa shape index (κ2) is 7.31. The Morgan fingerprint density at radius 3 is 2.68 bits per heavy atom.